The van der Waals surface area contributed by atoms with Gasteiger partial charge in [-0.15, -0.1) is 0 Å². The van der Waals surface area contributed by atoms with Crippen LogP contribution in [0.1, 0.15) is 5.76 Å². The van der Waals surface area contributed by atoms with Crippen LogP contribution in [-0.2, 0) is 17.9 Å². The summed E-state index contributed by atoms with van der Waals surface area (Å²) in [6.45, 7) is 0.171. The second-order valence-corrected chi connectivity index (χ2v) is 5.54. The summed E-state index contributed by atoms with van der Waals surface area (Å²) in [5.74, 6) is 0.349. The first-order valence-electron chi connectivity index (χ1n) is 7.23. The molecule has 0 aliphatic rings. The van der Waals surface area contributed by atoms with E-state index in [4.69, 9.17) is 16.0 Å². The van der Waals surface area contributed by atoms with Crippen molar-refractivity contribution in [3.8, 4) is 11.3 Å². The Morgan fingerprint density at radius 1 is 1.25 bits per heavy atom. The van der Waals surface area contributed by atoms with Crippen molar-refractivity contribution in [1.29, 1.82) is 0 Å². The van der Waals surface area contributed by atoms with Gasteiger partial charge >= 0.3 is 0 Å². The molecule has 2 aromatic heterocycles. The Bertz CT molecular complexity index is 886. The van der Waals surface area contributed by atoms with Gasteiger partial charge in [-0.05, 0) is 24.3 Å². The van der Waals surface area contributed by atoms with Crippen LogP contribution in [0, 0.1) is 0 Å². The fourth-order valence-corrected chi connectivity index (χ4v) is 2.26. The first-order chi connectivity index (χ1) is 11.6. The van der Waals surface area contributed by atoms with Crippen molar-refractivity contribution < 1.29 is 9.21 Å². The fraction of sp³-hybridized carbons (Fsp3) is 0.118. The van der Waals surface area contributed by atoms with E-state index in [9.17, 15) is 9.59 Å². The molecule has 0 atom stereocenters. The molecule has 0 aliphatic carbocycles. The number of furan rings is 1. The number of carbonyl (C=O) groups excluding carboxylic acids is 1. The highest BCUT2D eigenvalue weighted by Gasteiger charge is 2.07. The number of halogens is 1. The predicted molar refractivity (Wildman–Crippen MR) is 89.5 cm³/mol. The van der Waals surface area contributed by atoms with Gasteiger partial charge in [0.1, 0.15) is 12.3 Å². The largest absolute Gasteiger partial charge is 0.467 e. The number of hydrogen-bond donors (Lipinski definition) is 1. The molecule has 1 N–H and O–H groups in total. The van der Waals surface area contributed by atoms with E-state index >= 15 is 0 Å². The molecular formula is C17H14ClN3O3. The molecule has 122 valence electrons. The molecule has 6 nitrogen and oxygen atoms in total. The Morgan fingerprint density at radius 2 is 2.04 bits per heavy atom. The molecule has 3 rings (SSSR count). The molecule has 1 amide bonds. The molecule has 7 heteroatoms. The van der Waals surface area contributed by atoms with Crippen molar-refractivity contribution >= 4 is 17.5 Å². The van der Waals surface area contributed by atoms with Gasteiger partial charge in [-0.2, -0.15) is 0 Å². The minimum atomic E-state index is -0.303. The Morgan fingerprint density at radius 3 is 2.71 bits per heavy atom. The lowest BCUT2D eigenvalue weighted by Crippen LogP contribution is -2.31. The van der Waals surface area contributed by atoms with Crippen LogP contribution in [0.3, 0.4) is 0 Å². The Labute approximate surface area is 142 Å². The van der Waals surface area contributed by atoms with Crippen molar-refractivity contribution in [2.45, 2.75) is 13.1 Å². The van der Waals surface area contributed by atoms with E-state index in [0.717, 1.165) is 5.56 Å². The number of benzene rings is 1. The van der Waals surface area contributed by atoms with E-state index in [-0.39, 0.29) is 24.6 Å². The minimum absolute atomic E-state index is 0.104. The van der Waals surface area contributed by atoms with Crippen LogP contribution in [0.15, 0.2) is 64.3 Å². The highest BCUT2D eigenvalue weighted by Crippen LogP contribution is 2.17. The van der Waals surface area contributed by atoms with Crippen LogP contribution in [0.2, 0.25) is 5.02 Å². The van der Waals surface area contributed by atoms with Gasteiger partial charge < -0.3 is 9.73 Å². The highest BCUT2D eigenvalue weighted by molar-refractivity contribution is 6.30. The van der Waals surface area contributed by atoms with Gasteiger partial charge in [0.2, 0.25) is 5.91 Å². The lowest BCUT2D eigenvalue weighted by atomic mass is 10.1. The maximum absolute atomic E-state index is 12.1. The van der Waals surface area contributed by atoms with E-state index in [2.05, 4.69) is 10.3 Å². The zero-order valence-corrected chi connectivity index (χ0v) is 13.4. The summed E-state index contributed by atoms with van der Waals surface area (Å²) in [6, 6.07) is 11.9. The molecule has 1 aromatic carbocycles. The summed E-state index contributed by atoms with van der Waals surface area (Å²) in [5, 5.41) is 3.29. The first-order valence-corrected chi connectivity index (χ1v) is 7.61. The average molecular weight is 344 g/mol. The van der Waals surface area contributed by atoms with Gasteiger partial charge in [-0.1, -0.05) is 23.7 Å². The quantitative estimate of drug-likeness (QED) is 0.772. The van der Waals surface area contributed by atoms with Gasteiger partial charge in [-0.3, -0.25) is 14.2 Å². The molecule has 0 saturated carbocycles. The number of rotatable bonds is 5. The van der Waals surface area contributed by atoms with Crippen molar-refractivity contribution in [3.63, 3.8) is 0 Å². The second kappa shape index (κ2) is 7.14. The van der Waals surface area contributed by atoms with E-state index in [1.807, 2.05) is 0 Å². The van der Waals surface area contributed by atoms with E-state index in [1.54, 1.807) is 36.4 Å². The number of nitrogens with one attached hydrogen (secondary N) is 1. The standard InChI is InChI=1S/C17H14ClN3O3/c18-13-5-3-12(4-6-13)15-8-17(23)21(11-20-15)10-16(22)19-9-14-2-1-7-24-14/h1-8,11H,9-10H2,(H,19,22). The SMILES string of the molecule is O=C(Cn1cnc(-c2ccc(Cl)cc2)cc1=O)NCc1ccco1. The Hall–Kier alpha value is -2.86. The third-order valence-corrected chi connectivity index (χ3v) is 3.63. The first kappa shape index (κ1) is 16.0. The van der Waals surface area contributed by atoms with Crippen molar-refractivity contribution in [3.05, 3.63) is 76.2 Å². The van der Waals surface area contributed by atoms with E-state index in [1.165, 1.54) is 23.2 Å². The van der Waals surface area contributed by atoms with Crippen molar-refractivity contribution in [2.75, 3.05) is 0 Å². The number of aromatic nitrogens is 2. The van der Waals surface area contributed by atoms with Crippen LogP contribution in [-0.4, -0.2) is 15.5 Å². The molecule has 0 aliphatic heterocycles. The summed E-state index contributed by atoms with van der Waals surface area (Å²) in [5.41, 5.74) is 1.01. The van der Waals surface area contributed by atoms with Gasteiger partial charge in [0.25, 0.3) is 5.56 Å². The van der Waals surface area contributed by atoms with Gasteiger partial charge in [0.05, 0.1) is 24.8 Å². The molecular weight excluding hydrogens is 330 g/mol. The smallest absolute Gasteiger partial charge is 0.254 e. The summed E-state index contributed by atoms with van der Waals surface area (Å²) in [7, 11) is 0. The lowest BCUT2D eigenvalue weighted by Gasteiger charge is -2.07. The topological polar surface area (TPSA) is 77.1 Å². The molecule has 0 fully saturated rings. The summed E-state index contributed by atoms with van der Waals surface area (Å²) < 4.78 is 6.37. The maximum Gasteiger partial charge on any atom is 0.254 e. The van der Waals surface area contributed by atoms with E-state index in [0.29, 0.717) is 16.5 Å². The number of nitrogens with zero attached hydrogens (tertiary/aromatic N) is 2. The number of amides is 1. The second-order valence-electron chi connectivity index (χ2n) is 5.10. The third-order valence-electron chi connectivity index (χ3n) is 3.37. The molecule has 0 spiro atoms. The Kier molecular flexibility index (Phi) is 4.77. The highest BCUT2D eigenvalue weighted by atomic mass is 35.5. The summed E-state index contributed by atoms with van der Waals surface area (Å²) in [6.07, 6.45) is 2.89. The lowest BCUT2D eigenvalue weighted by molar-refractivity contribution is -0.122. The molecule has 0 radical (unpaired) electrons. The van der Waals surface area contributed by atoms with Gasteiger partial charge in [0.15, 0.2) is 0 Å². The van der Waals surface area contributed by atoms with Crippen LogP contribution in [0.5, 0.6) is 0 Å². The zero-order valence-electron chi connectivity index (χ0n) is 12.6. The van der Waals surface area contributed by atoms with Crippen molar-refractivity contribution in [1.82, 2.24) is 14.9 Å². The monoisotopic (exact) mass is 343 g/mol. The summed E-state index contributed by atoms with van der Waals surface area (Å²) >= 11 is 5.84. The number of hydrogen-bond acceptors (Lipinski definition) is 4. The molecule has 3 aromatic rings. The molecule has 0 unspecified atom stereocenters. The zero-order chi connectivity index (χ0) is 16.9. The van der Waals surface area contributed by atoms with Gasteiger partial charge in [-0.25, -0.2) is 4.98 Å². The average Bonchev–Trinajstić information content (AvgIpc) is 3.09. The molecule has 2 heterocycles. The van der Waals surface area contributed by atoms with E-state index < -0.39 is 0 Å². The van der Waals surface area contributed by atoms with Gasteiger partial charge in [0, 0.05) is 16.7 Å². The molecule has 0 saturated heterocycles. The van der Waals surface area contributed by atoms with Crippen LogP contribution in [0.4, 0.5) is 0 Å². The third kappa shape index (κ3) is 3.91. The van der Waals surface area contributed by atoms with Crippen LogP contribution < -0.4 is 10.9 Å². The molecule has 0 bridgehead atoms. The number of carbonyl (C=O) groups is 1. The minimum Gasteiger partial charge on any atom is -0.467 e. The summed E-state index contributed by atoms with van der Waals surface area (Å²) in [4.78, 5) is 28.3. The normalized spacial score (nSPS) is 10.5. The molecule has 24 heavy (non-hydrogen) atoms. The fourth-order valence-electron chi connectivity index (χ4n) is 2.13. The predicted octanol–water partition coefficient (Wildman–Crippen LogP) is 2.47. The van der Waals surface area contributed by atoms with Crippen LogP contribution in [0.25, 0.3) is 11.3 Å². The van der Waals surface area contributed by atoms with Crippen LogP contribution >= 0.6 is 11.6 Å². The maximum atomic E-state index is 12.1. The Balaban J connectivity index is 1.67. The van der Waals surface area contributed by atoms with Crippen molar-refractivity contribution in [2.24, 2.45) is 0 Å².